The third kappa shape index (κ3) is 4.73. The summed E-state index contributed by atoms with van der Waals surface area (Å²) in [7, 11) is 2.04. The zero-order valence-electron chi connectivity index (χ0n) is 7.01. The van der Waals surface area contributed by atoms with Crippen LogP contribution in [0.5, 0.6) is 0 Å². The van der Waals surface area contributed by atoms with Crippen LogP contribution in [-0.2, 0) is 0 Å². The van der Waals surface area contributed by atoms with Crippen molar-refractivity contribution in [3.8, 4) is 0 Å². The minimum atomic E-state index is 0.302. The van der Waals surface area contributed by atoms with Gasteiger partial charge in [0.15, 0.2) is 0 Å². The summed E-state index contributed by atoms with van der Waals surface area (Å²) >= 11 is 0. The molecule has 0 aromatic carbocycles. The van der Waals surface area contributed by atoms with Crippen molar-refractivity contribution < 1.29 is 0 Å². The van der Waals surface area contributed by atoms with Crippen molar-refractivity contribution in [1.29, 1.82) is 0 Å². The van der Waals surface area contributed by atoms with Crippen molar-refractivity contribution >= 4 is 0 Å². The highest BCUT2D eigenvalue weighted by molar-refractivity contribution is 4.63. The van der Waals surface area contributed by atoms with Crippen molar-refractivity contribution in [3.63, 3.8) is 0 Å². The third-order valence-electron chi connectivity index (χ3n) is 1.58. The van der Waals surface area contributed by atoms with E-state index in [1.807, 2.05) is 7.05 Å². The molecule has 0 amide bonds. The van der Waals surface area contributed by atoms with E-state index in [4.69, 9.17) is 11.5 Å². The largest absolute Gasteiger partial charge is 0.329 e. The van der Waals surface area contributed by atoms with Crippen LogP contribution in [0.1, 0.15) is 13.3 Å². The van der Waals surface area contributed by atoms with Crippen LogP contribution in [0.3, 0.4) is 0 Å². The molecule has 0 aliphatic carbocycles. The Hall–Kier alpha value is -0.120. The first-order valence-electron chi connectivity index (χ1n) is 3.84. The second kappa shape index (κ2) is 5.65. The lowest BCUT2D eigenvalue weighted by Crippen LogP contribution is -2.37. The first-order chi connectivity index (χ1) is 4.70. The molecular weight excluding hydrogens is 126 g/mol. The van der Waals surface area contributed by atoms with Gasteiger partial charge < -0.3 is 16.4 Å². The highest BCUT2D eigenvalue weighted by Gasteiger charge is 2.02. The predicted octanol–water partition coefficient (Wildman–Crippen LogP) is -0.386. The topological polar surface area (TPSA) is 55.3 Å². The van der Waals surface area contributed by atoms with Crippen LogP contribution in [0.4, 0.5) is 0 Å². The summed E-state index contributed by atoms with van der Waals surface area (Å²) < 4.78 is 0. The minimum Gasteiger partial charge on any atom is -0.329 e. The van der Waals surface area contributed by atoms with Crippen molar-refractivity contribution in [3.05, 3.63) is 0 Å². The number of hydrogen-bond donors (Lipinski definition) is 2. The lowest BCUT2D eigenvalue weighted by Gasteiger charge is -2.18. The average molecular weight is 145 g/mol. The Balaban J connectivity index is 3.27. The summed E-state index contributed by atoms with van der Waals surface area (Å²) in [6.45, 7) is 4.70. The van der Waals surface area contributed by atoms with Crippen LogP contribution < -0.4 is 11.5 Å². The van der Waals surface area contributed by atoms with E-state index >= 15 is 0 Å². The number of nitrogens with two attached hydrogens (primary N) is 2. The van der Waals surface area contributed by atoms with Gasteiger partial charge in [0.2, 0.25) is 0 Å². The SMILES string of the molecule is CCC(N)CN(C)CCN. The molecule has 1 unspecified atom stereocenters. The first-order valence-corrected chi connectivity index (χ1v) is 3.84. The molecule has 10 heavy (non-hydrogen) atoms. The van der Waals surface area contributed by atoms with Gasteiger partial charge in [-0.1, -0.05) is 6.92 Å². The molecule has 0 heterocycles. The molecule has 0 radical (unpaired) electrons. The molecule has 62 valence electrons. The van der Waals surface area contributed by atoms with Crippen LogP contribution >= 0.6 is 0 Å². The van der Waals surface area contributed by atoms with Gasteiger partial charge in [0.05, 0.1) is 0 Å². The molecule has 0 saturated heterocycles. The zero-order chi connectivity index (χ0) is 7.98. The van der Waals surface area contributed by atoms with Crippen molar-refractivity contribution in [1.82, 2.24) is 4.90 Å². The van der Waals surface area contributed by atoms with E-state index in [2.05, 4.69) is 11.8 Å². The van der Waals surface area contributed by atoms with Crippen molar-refractivity contribution in [2.45, 2.75) is 19.4 Å². The van der Waals surface area contributed by atoms with E-state index in [0.717, 1.165) is 19.5 Å². The number of nitrogens with zero attached hydrogens (tertiary/aromatic N) is 1. The lowest BCUT2D eigenvalue weighted by atomic mass is 10.2. The van der Waals surface area contributed by atoms with Gasteiger partial charge in [0.25, 0.3) is 0 Å². The van der Waals surface area contributed by atoms with Crippen LogP contribution in [0.15, 0.2) is 0 Å². The van der Waals surface area contributed by atoms with E-state index in [0.29, 0.717) is 12.6 Å². The second-order valence-electron chi connectivity index (χ2n) is 2.72. The van der Waals surface area contributed by atoms with Gasteiger partial charge in [-0.3, -0.25) is 0 Å². The van der Waals surface area contributed by atoms with Crippen LogP contribution in [-0.4, -0.2) is 37.6 Å². The second-order valence-corrected chi connectivity index (χ2v) is 2.72. The molecule has 0 aromatic rings. The van der Waals surface area contributed by atoms with E-state index in [-0.39, 0.29) is 0 Å². The number of rotatable bonds is 5. The van der Waals surface area contributed by atoms with E-state index in [9.17, 15) is 0 Å². The van der Waals surface area contributed by atoms with E-state index < -0.39 is 0 Å². The normalized spacial score (nSPS) is 14.1. The summed E-state index contributed by atoms with van der Waals surface area (Å²) in [5.74, 6) is 0. The van der Waals surface area contributed by atoms with Gasteiger partial charge in [0.1, 0.15) is 0 Å². The standard InChI is InChI=1S/C7H19N3/c1-3-7(9)6-10(2)5-4-8/h7H,3-6,8-9H2,1-2H3. The van der Waals surface area contributed by atoms with Gasteiger partial charge in [-0.05, 0) is 13.5 Å². The smallest absolute Gasteiger partial charge is 0.0165 e. The maximum Gasteiger partial charge on any atom is 0.0165 e. The molecule has 0 aliphatic rings. The third-order valence-corrected chi connectivity index (χ3v) is 1.58. The quantitative estimate of drug-likeness (QED) is 0.554. The first kappa shape index (κ1) is 9.88. The molecule has 0 spiro atoms. The Kier molecular flexibility index (Phi) is 5.58. The molecule has 3 heteroatoms. The summed E-state index contributed by atoms with van der Waals surface area (Å²) in [6, 6.07) is 0.302. The predicted molar refractivity (Wildman–Crippen MR) is 44.8 cm³/mol. The Morgan fingerprint density at radius 3 is 2.50 bits per heavy atom. The molecule has 1 atom stereocenters. The summed E-state index contributed by atoms with van der Waals surface area (Å²) in [6.07, 6.45) is 1.04. The monoisotopic (exact) mass is 145 g/mol. The fourth-order valence-electron chi connectivity index (χ4n) is 0.841. The van der Waals surface area contributed by atoms with Gasteiger partial charge in [-0.15, -0.1) is 0 Å². The van der Waals surface area contributed by atoms with Gasteiger partial charge >= 0.3 is 0 Å². The van der Waals surface area contributed by atoms with E-state index in [1.165, 1.54) is 0 Å². The average Bonchev–Trinajstić information content (AvgIpc) is 1.88. The molecule has 0 rings (SSSR count). The lowest BCUT2D eigenvalue weighted by molar-refractivity contribution is 0.315. The summed E-state index contributed by atoms with van der Waals surface area (Å²) in [5.41, 5.74) is 11.1. The maximum absolute atomic E-state index is 5.72. The highest BCUT2D eigenvalue weighted by Crippen LogP contribution is 1.89. The molecular formula is C7H19N3. The summed E-state index contributed by atoms with van der Waals surface area (Å²) in [4.78, 5) is 2.16. The van der Waals surface area contributed by atoms with Gasteiger partial charge in [-0.25, -0.2) is 0 Å². The molecule has 0 fully saturated rings. The molecule has 0 aliphatic heterocycles. The highest BCUT2D eigenvalue weighted by atomic mass is 15.1. The Morgan fingerprint density at radius 2 is 2.10 bits per heavy atom. The maximum atomic E-state index is 5.72. The van der Waals surface area contributed by atoms with Crippen molar-refractivity contribution in [2.24, 2.45) is 11.5 Å². The Labute approximate surface area is 63.4 Å². The fraction of sp³-hybridized carbons (Fsp3) is 1.00. The number of likely N-dealkylation sites (N-methyl/N-ethyl adjacent to an activating group) is 1. The Bertz CT molecular complexity index is 75.3. The molecule has 3 nitrogen and oxygen atoms in total. The Morgan fingerprint density at radius 1 is 1.50 bits per heavy atom. The van der Waals surface area contributed by atoms with Crippen molar-refractivity contribution in [2.75, 3.05) is 26.7 Å². The van der Waals surface area contributed by atoms with Crippen LogP contribution in [0, 0.1) is 0 Å². The number of hydrogen-bond acceptors (Lipinski definition) is 3. The zero-order valence-corrected chi connectivity index (χ0v) is 7.01. The van der Waals surface area contributed by atoms with Crippen LogP contribution in [0.25, 0.3) is 0 Å². The van der Waals surface area contributed by atoms with Crippen LogP contribution in [0.2, 0.25) is 0 Å². The molecule has 0 bridgehead atoms. The molecule has 4 N–H and O–H groups in total. The fourth-order valence-corrected chi connectivity index (χ4v) is 0.841. The van der Waals surface area contributed by atoms with Gasteiger partial charge in [0, 0.05) is 25.7 Å². The van der Waals surface area contributed by atoms with Gasteiger partial charge in [-0.2, -0.15) is 0 Å². The summed E-state index contributed by atoms with van der Waals surface area (Å²) in [5, 5.41) is 0. The van der Waals surface area contributed by atoms with E-state index in [1.54, 1.807) is 0 Å². The molecule has 0 aromatic heterocycles. The molecule has 0 saturated carbocycles. The minimum absolute atomic E-state index is 0.302.